The van der Waals surface area contributed by atoms with Crippen molar-refractivity contribution in [1.82, 2.24) is 15.6 Å². The van der Waals surface area contributed by atoms with Crippen LogP contribution >= 0.6 is 0 Å². The second-order valence-electron chi connectivity index (χ2n) is 6.43. The number of hydrogen-bond donors (Lipinski definition) is 2. The van der Waals surface area contributed by atoms with Crippen molar-refractivity contribution in [3.63, 3.8) is 0 Å². The quantitative estimate of drug-likeness (QED) is 0.848. The molecule has 1 fully saturated rings. The monoisotopic (exact) mass is 340 g/mol. The molecule has 3 rings (SSSR count). The summed E-state index contributed by atoms with van der Waals surface area (Å²) < 4.78 is 5.40. The minimum Gasteiger partial charge on any atom is -0.496 e. The Morgan fingerprint density at radius 2 is 2.12 bits per heavy atom. The van der Waals surface area contributed by atoms with Crippen molar-refractivity contribution in [3.8, 4) is 5.75 Å². The van der Waals surface area contributed by atoms with E-state index in [1.807, 2.05) is 49.3 Å². The molecule has 0 bridgehead atoms. The van der Waals surface area contributed by atoms with Gasteiger partial charge in [-0.05, 0) is 35.7 Å². The molecule has 0 saturated heterocycles. The van der Waals surface area contributed by atoms with E-state index in [9.17, 15) is 4.79 Å². The number of rotatable bonds is 6. The average Bonchev–Trinajstić information content (AvgIpc) is 3.39. The Hall–Kier alpha value is -2.76. The summed E-state index contributed by atoms with van der Waals surface area (Å²) in [6.07, 6.45) is 2.69. The zero-order chi connectivity index (χ0) is 17.8. The molecule has 6 heteroatoms. The molecule has 1 aliphatic carbocycles. The number of benzene rings is 1. The van der Waals surface area contributed by atoms with Gasteiger partial charge in [-0.15, -0.1) is 0 Å². The number of nitrogens with one attached hydrogen (secondary N) is 2. The van der Waals surface area contributed by atoms with Crippen molar-refractivity contribution in [3.05, 3.63) is 53.7 Å². The third-order valence-corrected chi connectivity index (χ3v) is 4.37. The molecule has 0 unspecified atom stereocenters. The van der Waals surface area contributed by atoms with Gasteiger partial charge in [0.05, 0.1) is 7.11 Å². The van der Waals surface area contributed by atoms with E-state index < -0.39 is 0 Å². The number of anilines is 1. The second kappa shape index (κ2) is 7.42. The predicted molar refractivity (Wildman–Crippen MR) is 98.1 cm³/mol. The van der Waals surface area contributed by atoms with Gasteiger partial charge in [0.15, 0.2) is 0 Å². The van der Waals surface area contributed by atoms with E-state index in [2.05, 4.69) is 21.7 Å². The first-order valence-electron chi connectivity index (χ1n) is 8.38. The summed E-state index contributed by atoms with van der Waals surface area (Å²) in [7, 11) is 5.56. The third-order valence-electron chi connectivity index (χ3n) is 4.37. The molecule has 2 aromatic rings. The number of para-hydroxylation sites is 1. The number of ether oxygens (including phenoxy) is 1. The molecule has 1 heterocycles. The predicted octanol–water partition coefficient (Wildman–Crippen LogP) is 2.51. The maximum Gasteiger partial charge on any atom is 0.315 e. The number of nitrogens with zero attached hydrogens (tertiary/aromatic N) is 2. The highest BCUT2D eigenvalue weighted by atomic mass is 16.5. The van der Waals surface area contributed by atoms with Gasteiger partial charge in [-0.25, -0.2) is 9.78 Å². The Morgan fingerprint density at radius 1 is 1.32 bits per heavy atom. The summed E-state index contributed by atoms with van der Waals surface area (Å²) >= 11 is 0. The first kappa shape index (κ1) is 17.1. The zero-order valence-corrected chi connectivity index (χ0v) is 14.8. The lowest BCUT2D eigenvalue weighted by atomic mass is 10.1. The van der Waals surface area contributed by atoms with Gasteiger partial charge in [0.1, 0.15) is 11.6 Å². The summed E-state index contributed by atoms with van der Waals surface area (Å²) in [5, 5.41) is 5.94. The van der Waals surface area contributed by atoms with Crippen LogP contribution in [-0.2, 0) is 6.54 Å². The fourth-order valence-corrected chi connectivity index (χ4v) is 2.89. The number of urea groups is 1. The molecule has 0 radical (unpaired) electrons. The molecular weight excluding hydrogens is 316 g/mol. The molecule has 2 N–H and O–H groups in total. The van der Waals surface area contributed by atoms with Crippen molar-refractivity contribution in [2.24, 2.45) is 0 Å². The van der Waals surface area contributed by atoms with E-state index in [0.717, 1.165) is 29.1 Å². The van der Waals surface area contributed by atoms with Crippen molar-refractivity contribution in [1.29, 1.82) is 0 Å². The van der Waals surface area contributed by atoms with Crippen LogP contribution in [0.25, 0.3) is 0 Å². The van der Waals surface area contributed by atoms with Crippen molar-refractivity contribution >= 4 is 11.8 Å². The number of carbonyl (C=O) groups is 1. The molecular formula is C19H24N4O2. The van der Waals surface area contributed by atoms with Crippen LogP contribution in [0.1, 0.15) is 23.5 Å². The lowest BCUT2D eigenvalue weighted by Crippen LogP contribution is -2.37. The Bertz CT molecular complexity index is 748. The van der Waals surface area contributed by atoms with E-state index in [1.165, 1.54) is 0 Å². The Kier molecular flexibility index (Phi) is 5.07. The maximum absolute atomic E-state index is 12.1. The number of carbonyl (C=O) groups excluding carboxylic acids is 1. The summed E-state index contributed by atoms with van der Waals surface area (Å²) in [5.41, 5.74) is 2.17. The number of pyridine rings is 1. The highest BCUT2D eigenvalue weighted by Gasteiger charge is 2.41. The molecule has 2 atom stereocenters. The Morgan fingerprint density at radius 3 is 2.88 bits per heavy atom. The molecule has 25 heavy (non-hydrogen) atoms. The van der Waals surface area contributed by atoms with Crippen LogP contribution in [0.2, 0.25) is 0 Å². The van der Waals surface area contributed by atoms with Crippen molar-refractivity contribution in [2.45, 2.75) is 24.9 Å². The average molecular weight is 340 g/mol. The summed E-state index contributed by atoms with van der Waals surface area (Å²) in [6.45, 7) is 0.473. The molecule has 0 aliphatic heterocycles. The van der Waals surface area contributed by atoms with Crippen molar-refractivity contribution in [2.75, 3.05) is 26.1 Å². The van der Waals surface area contributed by atoms with E-state index in [4.69, 9.17) is 4.74 Å². The van der Waals surface area contributed by atoms with Gasteiger partial charge < -0.3 is 20.3 Å². The second-order valence-corrected chi connectivity index (χ2v) is 6.43. The highest BCUT2D eigenvalue weighted by molar-refractivity contribution is 5.75. The highest BCUT2D eigenvalue weighted by Crippen LogP contribution is 2.44. The van der Waals surface area contributed by atoms with Crippen LogP contribution < -0.4 is 20.3 Å². The van der Waals surface area contributed by atoms with Crippen LogP contribution in [0, 0.1) is 0 Å². The van der Waals surface area contributed by atoms with Gasteiger partial charge in [0.2, 0.25) is 0 Å². The first-order valence-corrected chi connectivity index (χ1v) is 8.38. The maximum atomic E-state index is 12.1. The third kappa shape index (κ3) is 4.21. The van der Waals surface area contributed by atoms with Gasteiger partial charge in [-0.3, -0.25) is 0 Å². The molecule has 0 spiro atoms. The zero-order valence-electron chi connectivity index (χ0n) is 14.8. The van der Waals surface area contributed by atoms with E-state index in [0.29, 0.717) is 12.5 Å². The largest absolute Gasteiger partial charge is 0.496 e. The molecule has 2 amide bonds. The molecule has 1 saturated carbocycles. The fourth-order valence-electron chi connectivity index (χ4n) is 2.89. The standard InChI is InChI=1S/C19H24N4O2/c1-23(2)18-10-13(8-9-20-18)12-21-19(24)22-16-11-15(16)14-6-4-5-7-17(14)25-3/h4-10,15-16H,11-12H2,1-3H3,(H2,21,22,24)/t15-,16+/m1/s1. The van der Waals surface area contributed by atoms with Gasteiger partial charge in [0.25, 0.3) is 0 Å². The number of hydrogen-bond acceptors (Lipinski definition) is 4. The SMILES string of the molecule is COc1ccccc1[C@H]1C[C@@H]1NC(=O)NCc1ccnc(N(C)C)c1. The molecule has 6 nitrogen and oxygen atoms in total. The fraction of sp³-hybridized carbons (Fsp3) is 0.368. The van der Waals surface area contributed by atoms with Crippen LogP contribution in [0.3, 0.4) is 0 Å². The number of aromatic nitrogens is 1. The summed E-state index contributed by atoms with van der Waals surface area (Å²) in [4.78, 5) is 18.3. The Labute approximate surface area is 148 Å². The van der Waals surface area contributed by atoms with Gasteiger partial charge in [0, 0.05) is 38.8 Å². The van der Waals surface area contributed by atoms with E-state index in [-0.39, 0.29) is 12.1 Å². The van der Waals surface area contributed by atoms with Gasteiger partial charge >= 0.3 is 6.03 Å². The summed E-state index contributed by atoms with van der Waals surface area (Å²) in [6, 6.07) is 11.9. The topological polar surface area (TPSA) is 66.5 Å². The normalized spacial score (nSPS) is 18.4. The minimum atomic E-state index is -0.148. The van der Waals surface area contributed by atoms with Crippen LogP contribution in [0.4, 0.5) is 10.6 Å². The Balaban J connectivity index is 1.50. The van der Waals surface area contributed by atoms with E-state index >= 15 is 0 Å². The van der Waals surface area contributed by atoms with Gasteiger partial charge in [-0.2, -0.15) is 0 Å². The molecule has 1 aliphatic rings. The lowest BCUT2D eigenvalue weighted by molar-refractivity contribution is 0.240. The van der Waals surface area contributed by atoms with Crippen LogP contribution in [-0.4, -0.2) is 38.3 Å². The lowest BCUT2D eigenvalue weighted by Gasteiger charge is -2.13. The smallest absolute Gasteiger partial charge is 0.315 e. The van der Waals surface area contributed by atoms with Crippen molar-refractivity contribution < 1.29 is 9.53 Å². The van der Waals surface area contributed by atoms with Crippen LogP contribution in [0.5, 0.6) is 5.75 Å². The van der Waals surface area contributed by atoms with Gasteiger partial charge in [-0.1, -0.05) is 18.2 Å². The number of methoxy groups -OCH3 is 1. The van der Waals surface area contributed by atoms with Crippen LogP contribution in [0.15, 0.2) is 42.6 Å². The molecule has 1 aromatic carbocycles. The first-order chi connectivity index (χ1) is 12.1. The summed E-state index contributed by atoms with van der Waals surface area (Å²) in [5.74, 6) is 2.08. The molecule has 1 aromatic heterocycles. The molecule has 132 valence electrons. The minimum absolute atomic E-state index is 0.148. The number of amides is 2. The van der Waals surface area contributed by atoms with E-state index in [1.54, 1.807) is 13.3 Å².